The Morgan fingerprint density at radius 3 is 2.90 bits per heavy atom. The number of ether oxygens (including phenoxy) is 2. The van der Waals surface area contributed by atoms with Gasteiger partial charge in [0.1, 0.15) is 19.0 Å². The van der Waals surface area contributed by atoms with E-state index < -0.39 is 0 Å². The summed E-state index contributed by atoms with van der Waals surface area (Å²) in [6, 6.07) is 12.1. The fourth-order valence-electron chi connectivity index (χ4n) is 4.12. The molecule has 2 aromatic heterocycles. The highest BCUT2D eigenvalue weighted by atomic mass is 16.6. The van der Waals surface area contributed by atoms with E-state index >= 15 is 0 Å². The van der Waals surface area contributed by atoms with Gasteiger partial charge in [-0.1, -0.05) is 12.1 Å². The zero-order valence-electron chi connectivity index (χ0n) is 16.3. The van der Waals surface area contributed by atoms with Gasteiger partial charge < -0.3 is 19.2 Å². The monoisotopic (exact) mass is 391 g/mol. The Bertz CT molecular complexity index is 1030. The molecule has 1 aliphatic carbocycles. The van der Waals surface area contributed by atoms with Crippen LogP contribution in [0.5, 0.6) is 11.5 Å². The van der Waals surface area contributed by atoms with Crippen LogP contribution in [0.2, 0.25) is 0 Å². The second-order valence-electron chi connectivity index (χ2n) is 7.82. The minimum atomic E-state index is 0.0950. The summed E-state index contributed by atoms with van der Waals surface area (Å²) in [5.74, 6) is 3.47. The first kappa shape index (κ1) is 18.0. The highest BCUT2D eigenvalue weighted by Gasteiger charge is 2.34. The lowest BCUT2D eigenvalue weighted by Gasteiger charge is -2.22. The summed E-state index contributed by atoms with van der Waals surface area (Å²) in [5.41, 5.74) is 2.24. The van der Waals surface area contributed by atoms with Crippen LogP contribution >= 0.6 is 0 Å². The molecule has 2 aliphatic rings. The second kappa shape index (κ2) is 7.78. The maximum atomic E-state index is 12.6. The molecule has 29 heavy (non-hydrogen) atoms. The van der Waals surface area contributed by atoms with Gasteiger partial charge in [0.25, 0.3) is 0 Å². The molecule has 6 heteroatoms. The van der Waals surface area contributed by atoms with E-state index in [1.54, 1.807) is 0 Å². The van der Waals surface area contributed by atoms with Gasteiger partial charge in [0.2, 0.25) is 5.91 Å². The number of nitrogens with one attached hydrogen (secondary N) is 1. The van der Waals surface area contributed by atoms with Crippen molar-refractivity contribution in [2.75, 3.05) is 19.8 Å². The van der Waals surface area contributed by atoms with Gasteiger partial charge in [-0.15, -0.1) is 0 Å². The fourth-order valence-corrected chi connectivity index (χ4v) is 4.12. The van der Waals surface area contributed by atoms with E-state index in [2.05, 4.69) is 26.8 Å². The van der Waals surface area contributed by atoms with E-state index in [-0.39, 0.29) is 11.8 Å². The molecule has 1 aromatic carbocycles. The molecule has 0 bridgehead atoms. The molecule has 1 N–H and O–H groups in total. The first-order valence-corrected chi connectivity index (χ1v) is 10.3. The summed E-state index contributed by atoms with van der Waals surface area (Å²) in [7, 11) is 0. The summed E-state index contributed by atoms with van der Waals surface area (Å²) in [6.45, 7) is 1.76. The van der Waals surface area contributed by atoms with Crippen LogP contribution in [0.1, 0.15) is 36.6 Å². The van der Waals surface area contributed by atoms with E-state index in [0.717, 1.165) is 22.8 Å². The number of carbonyl (C=O) groups excluding carboxylic acids is 1. The first-order chi connectivity index (χ1) is 14.3. The van der Waals surface area contributed by atoms with Crippen molar-refractivity contribution in [3.8, 4) is 11.5 Å². The summed E-state index contributed by atoms with van der Waals surface area (Å²) >= 11 is 0. The number of aromatic nitrogens is 2. The van der Waals surface area contributed by atoms with Crippen molar-refractivity contribution in [3.63, 3.8) is 0 Å². The van der Waals surface area contributed by atoms with Crippen LogP contribution in [-0.4, -0.2) is 35.1 Å². The smallest absolute Gasteiger partial charge is 0.220 e. The number of hydrogen-bond donors (Lipinski definition) is 1. The van der Waals surface area contributed by atoms with Crippen LogP contribution in [0.25, 0.3) is 5.52 Å². The lowest BCUT2D eigenvalue weighted by Crippen LogP contribution is -2.28. The van der Waals surface area contributed by atoms with Gasteiger partial charge in [0.15, 0.2) is 11.5 Å². The molecule has 5 rings (SSSR count). The van der Waals surface area contributed by atoms with E-state index in [9.17, 15) is 4.79 Å². The standard InChI is InChI=1S/C23H25N3O3/c27-23(24-9-8-22-25-15-18-3-1-2-10-26(18)22)14-19(16-4-5-16)17-6-7-20-21(13-17)29-12-11-28-20/h1-3,6-7,10,13,15-16,19H,4-5,8-9,11-12,14H2,(H,24,27). The highest BCUT2D eigenvalue weighted by Crippen LogP contribution is 2.46. The average molecular weight is 391 g/mol. The molecule has 150 valence electrons. The van der Waals surface area contributed by atoms with Gasteiger partial charge in [-0.05, 0) is 54.5 Å². The molecule has 1 saturated carbocycles. The Balaban J connectivity index is 1.20. The minimum absolute atomic E-state index is 0.0950. The highest BCUT2D eigenvalue weighted by molar-refractivity contribution is 5.77. The van der Waals surface area contributed by atoms with Crippen LogP contribution in [0, 0.1) is 5.92 Å². The molecule has 0 spiro atoms. The summed E-state index contributed by atoms with van der Waals surface area (Å²) in [4.78, 5) is 17.1. The Labute approximate surface area is 169 Å². The van der Waals surface area contributed by atoms with E-state index in [4.69, 9.17) is 9.47 Å². The van der Waals surface area contributed by atoms with Crippen molar-refractivity contribution in [3.05, 3.63) is 60.2 Å². The molecule has 1 fully saturated rings. The van der Waals surface area contributed by atoms with Gasteiger partial charge in [0, 0.05) is 25.6 Å². The van der Waals surface area contributed by atoms with Gasteiger partial charge in [-0.3, -0.25) is 4.79 Å². The quantitative estimate of drug-likeness (QED) is 0.671. The normalized spacial score (nSPS) is 16.6. The van der Waals surface area contributed by atoms with Crippen molar-refractivity contribution < 1.29 is 14.3 Å². The Hall–Kier alpha value is -3.02. The Morgan fingerprint density at radius 1 is 1.17 bits per heavy atom. The molecule has 6 nitrogen and oxygen atoms in total. The first-order valence-electron chi connectivity index (χ1n) is 10.3. The number of pyridine rings is 1. The molecule has 1 unspecified atom stereocenters. The van der Waals surface area contributed by atoms with E-state index in [0.29, 0.717) is 38.5 Å². The minimum Gasteiger partial charge on any atom is -0.486 e. The number of imidazole rings is 1. The molecule has 1 aliphatic heterocycles. The summed E-state index contributed by atoms with van der Waals surface area (Å²) < 4.78 is 13.4. The second-order valence-corrected chi connectivity index (χ2v) is 7.82. The van der Waals surface area contributed by atoms with Crippen LogP contribution in [0.4, 0.5) is 0 Å². The van der Waals surface area contributed by atoms with Gasteiger partial charge in [-0.25, -0.2) is 4.98 Å². The van der Waals surface area contributed by atoms with Crippen molar-refractivity contribution in [2.45, 2.75) is 31.6 Å². The van der Waals surface area contributed by atoms with Crippen LogP contribution in [0.15, 0.2) is 48.8 Å². The third-order valence-corrected chi connectivity index (χ3v) is 5.78. The molecule has 0 saturated heterocycles. The van der Waals surface area contributed by atoms with Crippen molar-refractivity contribution in [1.82, 2.24) is 14.7 Å². The van der Waals surface area contributed by atoms with Crippen molar-refractivity contribution >= 4 is 11.4 Å². The Morgan fingerprint density at radius 2 is 2.03 bits per heavy atom. The number of carbonyl (C=O) groups is 1. The maximum Gasteiger partial charge on any atom is 0.220 e. The van der Waals surface area contributed by atoms with E-state index in [1.165, 1.54) is 18.4 Å². The number of fused-ring (bicyclic) bond motifs is 2. The zero-order chi connectivity index (χ0) is 19.6. The number of rotatable bonds is 7. The molecule has 3 aromatic rings. The Kier molecular flexibility index (Phi) is 4.84. The largest absolute Gasteiger partial charge is 0.486 e. The van der Waals surface area contributed by atoms with Crippen LogP contribution < -0.4 is 14.8 Å². The maximum absolute atomic E-state index is 12.6. The average Bonchev–Trinajstić information content (AvgIpc) is 3.52. The number of hydrogen-bond acceptors (Lipinski definition) is 4. The molecule has 1 amide bonds. The number of amides is 1. The lowest BCUT2D eigenvalue weighted by atomic mass is 9.90. The molecule has 3 heterocycles. The lowest BCUT2D eigenvalue weighted by molar-refractivity contribution is -0.121. The molecule has 1 atom stereocenters. The number of benzene rings is 1. The van der Waals surface area contributed by atoms with Crippen LogP contribution in [0.3, 0.4) is 0 Å². The molecular weight excluding hydrogens is 366 g/mol. The predicted octanol–water partition coefficient (Wildman–Crippen LogP) is 3.35. The summed E-state index contributed by atoms with van der Waals surface area (Å²) in [5, 5.41) is 3.08. The third kappa shape index (κ3) is 3.92. The predicted molar refractivity (Wildman–Crippen MR) is 109 cm³/mol. The topological polar surface area (TPSA) is 64.9 Å². The van der Waals surface area contributed by atoms with Crippen LogP contribution in [-0.2, 0) is 11.2 Å². The summed E-state index contributed by atoms with van der Waals surface area (Å²) in [6.07, 6.45) is 7.46. The SMILES string of the molecule is O=C(CC(c1ccc2c(c1)OCCO2)C1CC1)NCCc1ncc2ccccn12. The van der Waals surface area contributed by atoms with Crippen molar-refractivity contribution in [2.24, 2.45) is 5.92 Å². The zero-order valence-corrected chi connectivity index (χ0v) is 16.3. The third-order valence-electron chi connectivity index (χ3n) is 5.78. The fraction of sp³-hybridized carbons (Fsp3) is 0.391. The molecular formula is C23H25N3O3. The van der Waals surface area contributed by atoms with Gasteiger partial charge in [-0.2, -0.15) is 0 Å². The molecule has 0 radical (unpaired) electrons. The van der Waals surface area contributed by atoms with Gasteiger partial charge in [0.05, 0.1) is 11.7 Å². The van der Waals surface area contributed by atoms with Crippen molar-refractivity contribution in [1.29, 1.82) is 0 Å². The van der Waals surface area contributed by atoms with E-state index in [1.807, 2.05) is 36.7 Å². The number of nitrogens with zero attached hydrogens (tertiary/aromatic N) is 2. The van der Waals surface area contributed by atoms with Gasteiger partial charge >= 0.3 is 0 Å².